The smallest absolute Gasteiger partial charge is 0.208 e. The van der Waals surface area contributed by atoms with Gasteiger partial charge < -0.3 is 0 Å². The third-order valence-electron chi connectivity index (χ3n) is 1.90. The molecule has 0 aliphatic heterocycles. The number of hydrogen-bond acceptors (Lipinski definition) is 2. The van der Waals surface area contributed by atoms with E-state index in [1.807, 2.05) is 6.07 Å². The van der Waals surface area contributed by atoms with E-state index in [9.17, 15) is 12.8 Å². The molecule has 0 saturated carbocycles. The van der Waals surface area contributed by atoms with Crippen LogP contribution in [0, 0.1) is 5.82 Å². The van der Waals surface area contributed by atoms with Crippen LogP contribution in [-0.4, -0.2) is 21.2 Å². The van der Waals surface area contributed by atoms with Gasteiger partial charge in [-0.05, 0) is 30.5 Å². The van der Waals surface area contributed by atoms with Gasteiger partial charge in [-0.15, -0.1) is 0 Å². The summed E-state index contributed by atoms with van der Waals surface area (Å²) in [7, 11) is -3.11. The fourth-order valence-electron chi connectivity index (χ4n) is 1.24. The Morgan fingerprint density at radius 3 is 2.73 bits per heavy atom. The van der Waals surface area contributed by atoms with Crippen LogP contribution < -0.4 is 4.72 Å². The number of sulfonamides is 1. The topological polar surface area (TPSA) is 46.2 Å². The second kappa shape index (κ2) is 5.23. The maximum Gasteiger partial charge on any atom is 0.208 e. The van der Waals surface area contributed by atoms with Crippen molar-refractivity contribution in [3.8, 4) is 0 Å². The number of aryl methyl sites for hydroxylation is 1. The van der Waals surface area contributed by atoms with Gasteiger partial charge in [-0.2, -0.15) is 0 Å². The SMILES string of the molecule is CS(=O)(=O)NCCCc1cccc(F)c1. The van der Waals surface area contributed by atoms with Gasteiger partial charge in [0.25, 0.3) is 0 Å². The molecular formula is C10H14FNO2S. The fourth-order valence-corrected chi connectivity index (χ4v) is 1.76. The van der Waals surface area contributed by atoms with E-state index in [2.05, 4.69) is 4.72 Å². The molecule has 1 rings (SSSR count). The van der Waals surface area contributed by atoms with Crippen LogP contribution in [0.25, 0.3) is 0 Å². The van der Waals surface area contributed by atoms with Crippen LogP contribution in [0.2, 0.25) is 0 Å². The van der Waals surface area contributed by atoms with Crippen LogP contribution >= 0.6 is 0 Å². The number of benzene rings is 1. The molecule has 0 radical (unpaired) electrons. The lowest BCUT2D eigenvalue weighted by Crippen LogP contribution is -2.23. The van der Waals surface area contributed by atoms with Gasteiger partial charge in [0, 0.05) is 6.54 Å². The highest BCUT2D eigenvalue weighted by Gasteiger charge is 2.00. The molecule has 0 atom stereocenters. The molecular weight excluding hydrogens is 217 g/mol. The summed E-state index contributed by atoms with van der Waals surface area (Å²) in [5, 5.41) is 0. The van der Waals surface area contributed by atoms with Crippen molar-refractivity contribution in [3.05, 3.63) is 35.6 Å². The molecule has 3 nitrogen and oxygen atoms in total. The molecule has 0 aliphatic carbocycles. The maximum absolute atomic E-state index is 12.8. The van der Waals surface area contributed by atoms with E-state index in [-0.39, 0.29) is 5.82 Å². The minimum absolute atomic E-state index is 0.261. The standard InChI is InChI=1S/C10H14FNO2S/c1-15(13,14)12-7-3-5-9-4-2-6-10(11)8-9/h2,4,6,8,12H,3,5,7H2,1H3. The normalized spacial score (nSPS) is 11.6. The lowest BCUT2D eigenvalue weighted by atomic mass is 10.1. The molecule has 0 saturated heterocycles. The Bertz CT molecular complexity index is 417. The predicted molar refractivity (Wildman–Crippen MR) is 57.6 cm³/mol. The zero-order chi connectivity index (χ0) is 11.3. The number of hydrogen-bond donors (Lipinski definition) is 1. The molecule has 15 heavy (non-hydrogen) atoms. The summed E-state index contributed by atoms with van der Waals surface area (Å²) in [6.45, 7) is 0.384. The van der Waals surface area contributed by atoms with Gasteiger partial charge in [0.1, 0.15) is 5.82 Å². The third-order valence-corrected chi connectivity index (χ3v) is 2.62. The largest absolute Gasteiger partial charge is 0.215 e. The summed E-state index contributed by atoms with van der Waals surface area (Å²) in [4.78, 5) is 0. The van der Waals surface area contributed by atoms with Crippen LogP contribution in [0.4, 0.5) is 4.39 Å². The van der Waals surface area contributed by atoms with Crippen molar-refractivity contribution in [3.63, 3.8) is 0 Å². The van der Waals surface area contributed by atoms with Crippen molar-refractivity contribution in [1.29, 1.82) is 0 Å². The van der Waals surface area contributed by atoms with Gasteiger partial charge in [-0.1, -0.05) is 12.1 Å². The van der Waals surface area contributed by atoms with Crippen LogP contribution in [-0.2, 0) is 16.4 Å². The zero-order valence-electron chi connectivity index (χ0n) is 8.53. The Morgan fingerprint density at radius 1 is 1.40 bits per heavy atom. The highest BCUT2D eigenvalue weighted by molar-refractivity contribution is 7.88. The lowest BCUT2D eigenvalue weighted by Gasteiger charge is -2.02. The molecule has 0 amide bonds. The summed E-state index contributed by atoms with van der Waals surface area (Å²) >= 11 is 0. The second-order valence-electron chi connectivity index (χ2n) is 3.40. The predicted octanol–water partition coefficient (Wildman–Crippen LogP) is 1.31. The summed E-state index contributed by atoms with van der Waals surface area (Å²) in [6.07, 6.45) is 2.45. The van der Waals surface area contributed by atoms with Crippen molar-refractivity contribution in [2.75, 3.05) is 12.8 Å². The highest BCUT2D eigenvalue weighted by atomic mass is 32.2. The van der Waals surface area contributed by atoms with Gasteiger partial charge in [-0.3, -0.25) is 0 Å². The summed E-state index contributed by atoms with van der Waals surface area (Å²) < 4.78 is 36.6. The third kappa shape index (κ3) is 5.49. The molecule has 0 bridgehead atoms. The quantitative estimate of drug-likeness (QED) is 0.777. The minimum atomic E-state index is -3.11. The van der Waals surface area contributed by atoms with Crippen LogP contribution in [0.3, 0.4) is 0 Å². The molecule has 0 aliphatic rings. The number of nitrogens with one attached hydrogen (secondary N) is 1. The van der Waals surface area contributed by atoms with Gasteiger partial charge in [-0.25, -0.2) is 17.5 Å². The van der Waals surface area contributed by atoms with Gasteiger partial charge in [0.05, 0.1) is 6.26 Å². The van der Waals surface area contributed by atoms with Crippen LogP contribution in [0.5, 0.6) is 0 Å². The maximum atomic E-state index is 12.8. The number of rotatable bonds is 5. The molecule has 0 fully saturated rings. The Hall–Kier alpha value is -0.940. The average molecular weight is 231 g/mol. The van der Waals surface area contributed by atoms with Gasteiger partial charge in [0.15, 0.2) is 0 Å². The van der Waals surface area contributed by atoms with Crippen molar-refractivity contribution in [1.82, 2.24) is 4.72 Å². The van der Waals surface area contributed by atoms with E-state index in [0.29, 0.717) is 19.4 Å². The highest BCUT2D eigenvalue weighted by Crippen LogP contribution is 2.05. The fraction of sp³-hybridized carbons (Fsp3) is 0.400. The van der Waals surface area contributed by atoms with Crippen molar-refractivity contribution < 1.29 is 12.8 Å². The van der Waals surface area contributed by atoms with E-state index < -0.39 is 10.0 Å². The summed E-state index contributed by atoms with van der Waals surface area (Å²) in [5.74, 6) is -0.261. The average Bonchev–Trinajstić information content (AvgIpc) is 2.11. The van der Waals surface area contributed by atoms with Crippen molar-refractivity contribution in [2.24, 2.45) is 0 Å². The first kappa shape index (κ1) is 12.1. The first-order chi connectivity index (χ1) is 6.97. The van der Waals surface area contributed by atoms with E-state index >= 15 is 0 Å². The summed E-state index contributed by atoms with van der Waals surface area (Å²) in [5.41, 5.74) is 0.880. The Balaban J connectivity index is 2.32. The van der Waals surface area contributed by atoms with Crippen LogP contribution in [0.1, 0.15) is 12.0 Å². The van der Waals surface area contributed by atoms with Gasteiger partial charge >= 0.3 is 0 Å². The van der Waals surface area contributed by atoms with E-state index in [1.165, 1.54) is 12.1 Å². The molecule has 1 N–H and O–H groups in total. The molecule has 0 spiro atoms. The Labute approximate surface area is 89.4 Å². The van der Waals surface area contributed by atoms with Crippen molar-refractivity contribution >= 4 is 10.0 Å². The van der Waals surface area contributed by atoms with Crippen molar-refractivity contribution in [2.45, 2.75) is 12.8 Å². The molecule has 0 aromatic heterocycles. The van der Waals surface area contributed by atoms with Crippen LogP contribution in [0.15, 0.2) is 24.3 Å². The first-order valence-corrected chi connectivity index (χ1v) is 6.55. The molecule has 84 valence electrons. The Morgan fingerprint density at radius 2 is 2.13 bits per heavy atom. The molecule has 5 heteroatoms. The second-order valence-corrected chi connectivity index (χ2v) is 5.23. The lowest BCUT2D eigenvalue weighted by molar-refractivity contribution is 0.584. The minimum Gasteiger partial charge on any atom is -0.215 e. The Kier molecular flexibility index (Phi) is 4.23. The number of halogens is 1. The van der Waals surface area contributed by atoms with Gasteiger partial charge in [0.2, 0.25) is 10.0 Å². The zero-order valence-corrected chi connectivity index (χ0v) is 9.35. The van der Waals surface area contributed by atoms with E-state index in [0.717, 1.165) is 11.8 Å². The molecule has 1 aromatic rings. The summed E-state index contributed by atoms with van der Waals surface area (Å²) in [6, 6.07) is 6.32. The molecule has 0 heterocycles. The van der Waals surface area contributed by atoms with E-state index in [1.54, 1.807) is 6.07 Å². The monoisotopic (exact) mass is 231 g/mol. The van der Waals surface area contributed by atoms with E-state index in [4.69, 9.17) is 0 Å². The molecule has 0 unspecified atom stereocenters. The first-order valence-electron chi connectivity index (χ1n) is 4.66. The molecule has 1 aromatic carbocycles.